The van der Waals surface area contributed by atoms with E-state index in [1.807, 2.05) is 42.6 Å². The summed E-state index contributed by atoms with van der Waals surface area (Å²) in [7, 11) is 3.79. The van der Waals surface area contributed by atoms with Gasteiger partial charge in [-0.1, -0.05) is 12.1 Å². The summed E-state index contributed by atoms with van der Waals surface area (Å²) in [4.78, 5) is 27.1. The molecule has 6 heteroatoms. The lowest BCUT2D eigenvalue weighted by atomic mass is 10.2. The number of carbonyl (C=O) groups is 2. The Kier molecular flexibility index (Phi) is 5.76. The smallest absolute Gasteiger partial charge is 0.338 e. The van der Waals surface area contributed by atoms with Gasteiger partial charge in [0.2, 0.25) is 0 Å². The minimum Gasteiger partial charge on any atom is -0.449 e. The second kappa shape index (κ2) is 7.78. The van der Waals surface area contributed by atoms with E-state index in [-0.39, 0.29) is 5.91 Å². The second-order valence-electron chi connectivity index (χ2n) is 5.29. The Balaban J connectivity index is 1.91. The van der Waals surface area contributed by atoms with Gasteiger partial charge in [-0.15, -0.1) is 11.3 Å². The fraction of sp³-hybridized carbons (Fsp3) is 0.294. The molecule has 2 rings (SSSR count). The van der Waals surface area contributed by atoms with E-state index in [0.717, 1.165) is 10.6 Å². The second-order valence-corrected chi connectivity index (χ2v) is 6.32. The number of nitrogens with one attached hydrogen (secondary N) is 1. The zero-order valence-electron chi connectivity index (χ0n) is 13.4. The summed E-state index contributed by atoms with van der Waals surface area (Å²) in [6.07, 6.45) is -0.842. The molecule has 0 aliphatic heterocycles. The minimum absolute atomic E-state index is 0.310. The molecule has 23 heavy (non-hydrogen) atoms. The number of hydrogen-bond acceptors (Lipinski definition) is 5. The van der Waals surface area contributed by atoms with E-state index in [2.05, 4.69) is 5.32 Å². The van der Waals surface area contributed by atoms with Crippen LogP contribution in [-0.4, -0.2) is 32.1 Å². The lowest BCUT2D eigenvalue weighted by Crippen LogP contribution is -2.35. The molecular weight excluding hydrogens is 312 g/mol. The monoisotopic (exact) mass is 332 g/mol. The van der Waals surface area contributed by atoms with Crippen LogP contribution < -0.4 is 10.2 Å². The van der Waals surface area contributed by atoms with Gasteiger partial charge in [-0.25, -0.2) is 4.79 Å². The van der Waals surface area contributed by atoms with Gasteiger partial charge in [0.15, 0.2) is 6.10 Å². The summed E-state index contributed by atoms with van der Waals surface area (Å²) in [6, 6.07) is 11.0. The molecule has 1 unspecified atom stereocenters. The van der Waals surface area contributed by atoms with Gasteiger partial charge in [-0.05, 0) is 36.6 Å². The molecule has 2 aromatic rings. The number of ether oxygens (including phenoxy) is 1. The van der Waals surface area contributed by atoms with Crippen molar-refractivity contribution in [3.05, 3.63) is 52.2 Å². The van der Waals surface area contributed by atoms with Gasteiger partial charge in [0.05, 0.1) is 12.1 Å². The number of anilines is 1. The van der Waals surface area contributed by atoms with Gasteiger partial charge in [0, 0.05) is 24.7 Å². The Morgan fingerprint density at radius 1 is 1.26 bits per heavy atom. The summed E-state index contributed by atoms with van der Waals surface area (Å²) >= 11 is 1.56. The average Bonchev–Trinajstić information content (AvgIpc) is 3.06. The van der Waals surface area contributed by atoms with Crippen molar-refractivity contribution in [2.24, 2.45) is 0 Å². The first kappa shape index (κ1) is 17.0. The Morgan fingerprint density at radius 2 is 2.04 bits per heavy atom. The SMILES string of the molecule is CC(OC(=O)c1cccc(N(C)C)c1)C(=O)NCc1cccs1. The van der Waals surface area contributed by atoms with E-state index < -0.39 is 12.1 Å². The number of nitrogens with zero attached hydrogens (tertiary/aromatic N) is 1. The summed E-state index contributed by atoms with van der Waals surface area (Å²) in [5.41, 5.74) is 1.32. The first-order chi connectivity index (χ1) is 11.0. The zero-order chi connectivity index (χ0) is 16.8. The molecule has 0 aliphatic carbocycles. The highest BCUT2D eigenvalue weighted by atomic mass is 32.1. The normalized spacial score (nSPS) is 11.6. The Labute approximate surface area is 139 Å². The van der Waals surface area contributed by atoms with Crippen molar-refractivity contribution in [3.63, 3.8) is 0 Å². The summed E-state index contributed by atoms with van der Waals surface area (Å²) in [5.74, 6) is -0.817. The highest BCUT2D eigenvalue weighted by Crippen LogP contribution is 2.15. The molecule has 1 amide bonds. The molecule has 0 radical (unpaired) electrons. The van der Waals surface area contributed by atoms with Gasteiger partial charge in [0.25, 0.3) is 5.91 Å². The molecule has 1 aromatic heterocycles. The molecule has 0 saturated carbocycles. The van der Waals surface area contributed by atoms with E-state index in [1.54, 1.807) is 36.5 Å². The van der Waals surface area contributed by atoms with E-state index in [9.17, 15) is 9.59 Å². The molecule has 0 fully saturated rings. The Morgan fingerprint density at radius 3 is 2.70 bits per heavy atom. The standard InChI is InChI=1S/C17H20N2O3S/c1-12(16(20)18-11-15-8-5-9-23-15)22-17(21)13-6-4-7-14(10-13)19(2)3/h4-10,12H,11H2,1-3H3,(H,18,20). The van der Waals surface area contributed by atoms with Gasteiger partial charge in [-0.2, -0.15) is 0 Å². The quantitative estimate of drug-likeness (QED) is 0.826. The van der Waals surface area contributed by atoms with E-state index in [4.69, 9.17) is 4.74 Å². The van der Waals surface area contributed by atoms with Crippen molar-refractivity contribution >= 4 is 28.9 Å². The fourth-order valence-electron chi connectivity index (χ4n) is 1.92. The Bertz CT molecular complexity index is 668. The topological polar surface area (TPSA) is 58.6 Å². The highest BCUT2D eigenvalue weighted by molar-refractivity contribution is 7.09. The van der Waals surface area contributed by atoms with Crippen LogP contribution in [-0.2, 0) is 16.1 Å². The van der Waals surface area contributed by atoms with Crippen LogP contribution in [0.15, 0.2) is 41.8 Å². The van der Waals surface area contributed by atoms with E-state index in [1.165, 1.54) is 0 Å². The first-order valence-corrected chi connectivity index (χ1v) is 8.14. The van der Waals surface area contributed by atoms with Crippen LogP contribution in [0.25, 0.3) is 0 Å². The molecule has 1 atom stereocenters. The van der Waals surface area contributed by atoms with Crippen molar-refractivity contribution in [2.75, 3.05) is 19.0 Å². The number of carbonyl (C=O) groups excluding carboxylic acids is 2. The number of hydrogen-bond donors (Lipinski definition) is 1. The molecule has 0 bridgehead atoms. The molecule has 1 aromatic carbocycles. The number of amides is 1. The van der Waals surface area contributed by atoms with Crippen LogP contribution >= 0.6 is 11.3 Å². The van der Waals surface area contributed by atoms with Crippen LogP contribution in [0.1, 0.15) is 22.2 Å². The average molecular weight is 332 g/mol. The van der Waals surface area contributed by atoms with Crippen LogP contribution in [0.2, 0.25) is 0 Å². The largest absolute Gasteiger partial charge is 0.449 e. The third-order valence-electron chi connectivity index (χ3n) is 3.27. The first-order valence-electron chi connectivity index (χ1n) is 7.26. The van der Waals surface area contributed by atoms with Gasteiger partial charge < -0.3 is 15.0 Å². The molecule has 122 valence electrons. The number of benzene rings is 1. The summed E-state index contributed by atoms with van der Waals surface area (Å²) in [5, 5.41) is 4.70. The maximum Gasteiger partial charge on any atom is 0.338 e. The van der Waals surface area contributed by atoms with Crippen molar-refractivity contribution in [1.82, 2.24) is 5.32 Å². The number of rotatable bonds is 6. The van der Waals surface area contributed by atoms with Gasteiger partial charge in [0.1, 0.15) is 0 Å². The molecular formula is C17H20N2O3S. The lowest BCUT2D eigenvalue weighted by Gasteiger charge is -2.15. The van der Waals surface area contributed by atoms with E-state index >= 15 is 0 Å². The van der Waals surface area contributed by atoms with Crippen molar-refractivity contribution in [1.29, 1.82) is 0 Å². The van der Waals surface area contributed by atoms with Crippen molar-refractivity contribution in [2.45, 2.75) is 19.6 Å². The van der Waals surface area contributed by atoms with Gasteiger partial charge >= 0.3 is 5.97 Å². The molecule has 5 nitrogen and oxygen atoms in total. The van der Waals surface area contributed by atoms with Gasteiger partial charge in [-0.3, -0.25) is 4.79 Å². The predicted octanol–water partition coefficient (Wildman–Crippen LogP) is 2.68. The van der Waals surface area contributed by atoms with Crippen molar-refractivity contribution < 1.29 is 14.3 Å². The Hall–Kier alpha value is -2.34. The molecule has 1 heterocycles. The predicted molar refractivity (Wildman–Crippen MR) is 91.8 cm³/mol. The molecule has 0 aliphatic rings. The molecule has 0 spiro atoms. The van der Waals surface area contributed by atoms with Crippen LogP contribution in [0.4, 0.5) is 5.69 Å². The van der Waals surface area contributed by atoms with Crippen LogP contribution in [0, 0.1) is 0 Å². The minimum atomic E-state index is -0.842. The summed E-state index contributed by atoms with van der Waals surface area (Å²) in [6.45, 7) is 2.01. The third kappa shape index (κ3) is 4.82. The zero-order valence-corrected chi connectivity index (χ0v) is 14.2. The molecule has 1 N–H and O–H groups in total. The highest BCUT2D eigenvalue weighted by Gasteiger charge is 2.19. The third-order valence-corrected chi connectivity index (χ3v) is 4.14. The van der Waals surface area contributed by atoms with Crippen molar-refractivity contribution in [3.8, 4) is 0 Å². The summed E-state index contributed by atoms with van der Waals surface area (Å²) < 4.78 is 5.24. The maximum absolute atomic E-state index is 12.1. The lowest BCUT2D eigenvalue weighted by molar-refractivity contribution is -0.129. The van der Waals surface area contributed by atoms with Crippen LogP contribution in [0.3, 0.4) is 0 Å². The van der Waals surface area contributed by atoms with Crippen LogP contribution in [0.5, 0.6) is 0 Å². The number of thiophene rings is 1. The molecule has 0 saturated heterocycles. The fourth-order valence-corrected chi connectivity index (χ4v) is 2.57. The van der Waals surface area contributed by atoms with E-state index in [0.29, 0.717) is 12.1 Å². The maximum atomic E-state index is 12.1. The number of esters is 1.